The van der Waals surface area contributed by atoms with Gasteiger partial charge in [0, 0.05) is 12.8 Å². The summed E-state index contributed by atoms with van der Waals surface area (Å²) >= 11 is 0. The Morgan fingerprint density at radius 1 is 0.533 bits per heavy atom. The average Bonchev–Trinajstić information content (AvgIpc) is 3.19. The zero-order valence-corrected chi connectivity index (χ0v) is 37.7. The molecule has 16 heteroatoms. The molecular formula is C44H74O14P2. The molecule has 60 heavy (non-hydrogen) atoms. The number of phosphoric ester groups is 2. The van der Waals surface area contributed by atoms with Gasteiger partial charge in [-0.2, -0.15) is 0 Å². The maximum Gasteiger partial charge on any atom is 0.472 e. The maximum atomic E-state index is 12.6. The van der Waals surface area contributed by atoms with Gasteiger partial charge in [0.2, 0.25) is 0 Å². The SMILES string of the molecule is CCCCC/C=C\C/C=C\C/C=C\CCCCC(=O)OC[C@H](COP(=O)(O)OC[C@@H](O)COP(=O)(O)O)OC(=O)CCC/C=C\C/C=C\C/C=C\C/C=C\CCC[C@H](C)O. The predicted molar refractivity (Wildman–Crippen MR) is 236 cm³/mol. The van der Waals surface area contributed by atoms with Crippen molar-refractivity contribution < 1.29 is 66.7 Å². The number of phosphoric acid groups is 2. The van der Waals surface area contributed by atoms with Crippen molar-refractivity contribution in [3.8, 4) is 0 Å². The van der Waals surface area contributed by atoms with Gasteiger partial charge < -0.3 is 34.4 Å². The molecule has 0 rings (SSSR count). The number of aliphatic hydroxyl groups excluding tert-OH is 2. The molecule has 0 aliphatic carbocycles. The molecule has 0 heterocycles. The van der Waals surface area contributed by atoms with Crippen LogP contribution in [0.25, 0.3) is 0 Å². The standard InChI is InChI=1S/C44H74O14P2/c1-3-4-5-6-7-8-9-10-12-16-19-22-25-28-31-34-43(47)54-38-42(39-57-60(52,53)56-37-41(46)36-55-59(49,50)51)58-44(48)35-32-29-26-23-20-17-14-11-13-15-18-21-24-27-30-33-40(2)45/h7-8,10,12-15,17,19,21-24,26,40-42,45-46H,3-6,9,11,16,18,20,25,27-39H2,1-2H3,(H,52,53)(H2,49,50,51)/b8-7-,12-10-,15-13-,17-14-,22-19-,24-21-,26-23-/t40-,41-,42+/m0/s1. The number of carbonyl (C=O) groups excluding carboxylic acids is 2. The first-order chi connectivity index (χ1) is 28.7. The first kappa shape index (κ1) is 57.3. The second kappa shape index (κ2) is 39.1. The number of aliphatic hydroxyl groups is 2. The van der Waals surface area contributed by atoms with E-state index in [1.165, 1.54) is 19.3 Å². The van der Waals surface area contributed by atoms with Gasteiger partial charge in [-0.3, -0.25) is 23.2 Å². The Balaban J connectivity index is 4.71. The van der Waals surface area contributed by atoms with Crippen LogP contribution < -0.4 is 0 Å². The zero-order valence-electron chi connectivity index (χ0n) is 35.9. The monoisotopic (exact) mass is 888 g/mol. The molecule has 344 valence electrons. The van der Waals surface area contributed by atoms with Gasteiger partial charge in [0.25, 0.3) is 0 Å². The fourth-order valence-corrected chi connectivity index (χ4v) is 6.17. The molecule has 0 bridgehead atoms. The number of unbranched alkanes of at least 4 members (excludes halogenated alkanes) is 7. The summed E-state index contributed by atoms with van der Waals surface area (Å²) in [5, 5.41) is 19.0. The zero-order chi connectivity index (χ0) is 44.6. The summed E-state index contributed by atoms with van der Waals surface area (Å²) in [7, 11) is -9.72. The van der Waals surface area contributed by atoms with Crippen molar-refractivity contribution in [1.29, 1.82) is 0 Å². The summed E-state index contributed by atoms with van der Waals surface area (Å²) < 4.78 is 47.6. The molecule has 0 aromatic heterocycles. The third-order valence-corrected chi connectivity index (χ3v) is 9.70. The van der Waals surface area contributed by atoms with E-state index in [4.69, 9.17) is 23.8 Å². The largest absolute Gasteiger partial charge is 0.472 e. The molecule has 0 fully saturated rings. The average molecular weight is 889 g/mol. The lowest BCUT2D eigenvalue weighted by molar-refractivity contribution is -0.161. The Kier molecular flexibility index (Phi) is 37.3. The molecule has 0 spiro atoms. The molecule has 0 amide bonds. The molecular weight excluding hydrogens is 814 g/mol. The van der Waals surface area contributed by atoms with E-state index >= 15 is 0 Å². The summed E-state index contributed by atoms with van der Waals surface area (Å²) in [5.41, 5.74) is 0. The minimum absolute atomic E-state index is 0.0307. The predicted octanol–water partition coefficient (Wildman–Crippen LogP) is 9.75. The Morgan fingerprint density at radius 3 is 1.47 bits per heavy atom. The number of rotatable bonds is 39. The van der Waals surface area contributed by atoms with Crippen LogP contribution in [0.3, 0.4) is 0 Å². The Labute approximate surface area is 359 Å². The molecule has 0 saturated heterocycles. The number of esters is 2. The summed E-state index contributed by atoms with van der Waals surface area (Å²) in [5.74, 6) is -1.17. The lowest BCUT2D eigenvalue weighted by Gasteiger charge is -2.20. The van der Waals surface area contributed by atoms with E-state index in [9.17, 15) is 33.8 Å². The topological polar surface area (TPSA) is 216 Å². The van der Waals surface area contributed by atoms with Crippen molar-refractivity contribution in [1.82, 2.24) is 0 Å². The van der Waals surface area contributed by atoms with Gasteiger partial charge in [0.15, 0.2) is 6.10 Å². The van der Waals surface area contributed by atoms with Gasteiger partial charge in [0.05, 0.1) is 25.9 Å². The second-order valence-electron chi connectivity index (χ2n) is 14.2. The third-order valence-electron chi connectivity index (χ3n) is 8.26. The molecule has 0 aliphatic heterocycles. The van der Waals surface area contributed by atoms with Crippen LogP contribution in [0.15, 0.2) is 85.1 Å². The fraction of sp³-hybridized carbons (Fsp3) is 0.636. The minimum atomic E-state index is -4.88. The highest BCUT2D eigenvalue weighted by Crippen LogP contribution is 2.43. The maximum absolute atomic E-state index is 12.6. The highest BCUT2D eigenvalue weighted by atomic mass is 31.2. The van der Waals surface area contributed by atoms with Gasteiger partial charge in [-0.05, 0) is 103 Å². The third kappa shape index (κ3) is 43.4. The van der Waals surface area contributed by atoms with Crippen LogP contribution in [0.4, 0.5) is 0 Å². The van der Waals surface area contributed by atoms with Crippen LogP contribution in [0.2, 0.25) is 0 Å². The molecule has 4 atom stereocenters. The lowest BCUT2D eigenvalue weighted by Crippen LogP contribution is -2.29. The van der Waals surface area contributed by atoms with Crippen molar-refractivity contribution in [2.75, 3.05) is 26.4 Å². The van der Waals surface area contributed by atoms with Crippen LogP contribution in [0, 0.1) is 0 Å². The normalized spacial score (nSPS) is 15.4. The van der Waals surface area contributed by atoms with Crippen LogP contribution >= 0.6 is 15.6 Å². The molecule has 0 aromatic carbocycles. The van der Waals surface area contributed by atoms with E-state index in [1.54, 1.807) is 6.92 Å². The first-order valence-corrected chi connectivity index (χ1v) is 24.3. The van der Waals surface area contributed by atoms with E-state index in [0.717, 1.165) is 70.6 Å². The summed E-state index contributed by atoms with van der Waals surface area (Å²) in [4.78, 5) is 52.6. The van der Waals surface area contributed by atoms with Crippen molar-refractivity contribution in [2.24, 2.45) is 0 Å². The Hall–Kier alpha value is -2.74. The van der Waals surface area contributed by atoms with E-state index in [0.29, 0.717) is 19.3 Å². The van der Waals surface area contributed by atoms with Gasteiger partial charge in [-0.25, -0.2) is 9.13 Å². The number of hydrogen-bond donors (Lipinski definition) is 5. The second-order valence-corrected chi connectivity index (χ2v) is 16.9. The van der Waals surface area contributed by atoms with Gasteiger partial charge in [-0.1, -0.05) is 105 Å². The van der Waals surface area contributed by atoms with E-state index in [-0.39, 0.29) is 18.9 Å². The van der Waals surface area contributed by atoms with Crippen molar-refractivity contribution >= 4 is 27.6 Å². The number of allylic oxidation sites excluding steroid dienone is 14. The minimum Gasteiger partial charge on any atom is -0.462 e. The van der Waals surface area contributed by atoms with Gasteiger partial charge >= 0.3 is 27.6 Å². The van der Waals surface area contributed by atoms with Crippen LogP contribution in [-0.4, -0.2) is 81.6 Å². The van der Waals surface area contributed by atoms with E-state index in [2.05, 4.69) is 88.9 Å². The fourth-order valence-electron chi connectivity index (χ4n) is 5.01. The smallest absolute Gasteiger partial charge is 0.462 e. The molecule has 1 unspecified atom stereocenters. The highest BCUT2D eigenvalue weighted by molar-refractivity contribution is 7.47. The number of carbonyl (C=O) groups is 2. The molecule has 14 nitrogen and oxygen atoms in total. The van der Waals surface area contributed by atoms with Crippen LogP contribution in [0.5, 0.6) is 0 Å². The quantitative estimate of drug-likeness (QED) is 0.0168. The molecule has 0 aliphatic rings. The van der Waals surface area contributed by atoms with Gasteiger partial charge in [0.1, 0.15) is 12.7 Å². The highest BCUT2D eigenvalue weighted by Gasteiger charge is 2.28. The Bertz CT molecular complexity index is 1400. The number of ether oxygens (including phenoxy) is 2. The lowest BCUT2D eigenvalue weighted by atomic mass is 10.1. The van der Waals surface area contributed by atoms with E-state index in [1.807, 2.05) is 12.2 Å². The van der Waals surface area contributed by atoms with Crippen LogP contribution in [0.1, 0.15) is 136 Å². The van der Waals surface area contributed by atoms with Crippen LogP contribution in [-0.2, 0) is 41.8 Å². The molecule has 0 saturated carbocycles. The van der Waals surface area contributed by atoms with Crippen molar-refractivity contribution in [3.63, 3.8) is 0 Å². The van der Waals surface area contributed by atoms with Crippen molar-refractivity contribution in [2.45, 2.75) is 154 Å². The van der Waals surface area contributed by atoms with Crippen molar-refractivity contribution in [3.05, 3.63) is 85.1 Å². The van der Waals surface area contributed by atoms with E-state index < -0.39 is 66.2 Å². The summed E-state index contributed by atoms with van der Waals surface area (Å²) in [6.07, 6.45) is 41.5. The Morgan fingerprint density at radius 2 is 0.967 bits per heavy atom. The van der Waals surface area contributed by atoms with Gasteiger partial charge in [-0.15, -0.1) is 0 Å². The first-order valence-electron chi connectivity index (χ1n) is 21.3. The summed E-state index contributed by atoms with van der Waals surface area (Å²) in [6.45, 7) is 1.14. The molecule has 0 aromatic rings. The number of hydrogen-bond acceptors (Lipinski definition) is 11. The molecule has 5 N–H and O–H groups in total. The summed E-state index contributed by atoms with van der Waals surface area (Å²) in [6, 6.07) is 0. The molecule has 0 radical (unpaired) electrons.